The minimum atomic E-state index is 0.249. The zero-order valence-electron chi connectivity index (χ0n) is 15.3. The maximum absolute atomic E-state index is 9.85. The number of anilines is 1. The van der Waals surface area contributed by atoms with E-state index in [1.165, 1.54) is 0 Å². The molecule has 27 heavy (non-hydrogen) atoms. The van der Waals surface area contributed by atoms with Gasteiger partial charge in [0, 0.05) is 46.8 Å². The first-order valence-electron chi connectivity index (χ1n) is 9.09. The van der Waals surface area contributed by atoms with E-state index >= 15 is 0 Å². The van der Waals surface area contributed by atoms with Gasteiger partial charge in [-0.1, -0.05) is 0 Å². The minimum absolute atomic E-state index is 0.249. The van der Waals surface area contributed by atoms with Crippen LogP contribution in [0.1, 0.15) is 35.7 Å². The molecule has 1 saturated heterocycles. The molecule has 4 heterocycles. The van der Waals surface area contributed by atoms with Crippen LogP contribution < -0.4 is 10.5 Å². The molecule has 1 aromatic carbocycles. The van der Waals surface area contributed by atoms with Crippen molar-refractivity contribution in [2.45, 2.75) is 31.3 Å². The Morgan fingerprint density at radius 2 is 2.22 bits per heavy atom. The normalized spacial score (nSPS) is 21.2. The molecule has 0 spiro atoms. The third kappa shape index (κ3) is 2.17. The molecule has 2 aromatic heterocycles. The molecule has 0 amide bonds. The lowest BCUT2D eigenvalue weighted by atomic mass is 9.88. The molecule has 136 valence electrons. The fourth-order valence-electron chi connectivity index (χ4n) is 4.69. The molecular weight excluding hydrogens is 340 g/mol. The van der Waals surface area contributed by atoms with Crippen LogP contribution in [0.3, 0.4) is 0 Å². The summed E-state index contributed by atoms with van der Waals surface area (Å²) in [5.41, 5.74) is 11.2. The van der Waals surface area contributed by atoms with Gasteiger partial charge in [-0.05, 0) is 32.0 Å². The van der Waals surface area contributed by atoms with E-state index in [1.54, 1.807) is 7.11 Å². The largest absolute Gasteiger partial charge is 0.497 e. The van der Waals surface area contributed by atoms with Crippen molar-refractivity contribution in [1.29, 1.82) is 5.26 Å². The lowest BCUT2D eigenvalue weighted by Crippen LogP contribution is -2.35. The monoisotopic (exact) mass is 360 g/mol. The average molecular weight is 360 g/mol. The average Bonchev–Trinajstić information content (AvgIpc) is 3.18. The molecule has 0 unspecified atom stereocenters. The van der Waals surface area contributed by atoms with E-state index in [1.807, 2.05) is 18.2 Å². The first-order chi connectivity index (χ1) is 13.1. The molecule has 7 heteroatoms. The molecule has 3 N–H and O–H groups in total. The van der Waals surface area contributed by atoms with Crippen molar-refractivity contribution in [1.82, 2.24) is 20.1 Å². The number of fused-ring (bicyclic) bond motifs is 5. The number of hydrogen-bond donors (Lipinski definition) is 2. The molecule has 2 aliphatic heterocycles. The number of methoxy groups -OCH3 is 1. The van der Waals surface area contributed by atoms with Gasteiger partial charge in [-0.25, -0.2) is 4.98 Å². The van der Waals surface area contributed by atoms with Crippen molar-refractivity contribution in [2.75, 3.05) is 19.9 Å². The number of nitrogen functional groups attached to an aromatic ring is 1. The Bertz CT molecular complexity index is 1110. The van der Waals surface area contributed by atoms with Gasteiger partial charge in [0.25, 0.3) is 0 Å². The van der Waals surface area contributed by atoms with E-state index in [0.29, 0.717) is 17.4 Å². The molecular formula is C20H20N6O. The number of hydrogen-bond acceptors (Lipinski definition) is 6. The zero-order valence-corrected chi connectivity index (χ0v) is 15.3. The van der Waals surface area contributed by atoms with Crippen LogP contribution in [0, 0.1) is 11.3 Å². The van der Waals surface area contributed by atoms with Crippen molar-refractivity contribution in [3.63, 3.8) is 0 Å². The number of aromatic amines is 1. The predicted octanol–water partition coefficient (Wildman–Crippen LogP) is 2.78. The summed E-state index contributed by atoms with van der Waals surface area (Å²) >= 11 is 0. The highest BCUT2D eigenvalue weighted by molar-refractivity contribution is 5.97. The van der Waals surface area contributed by atoms with Crippen molar-refractivity contribution < 1.29 is 4.74 Å². The number of nitriles is 1. The molecule has 0 aliphatic carbocycles. The van der Waals surface area contributed by atoms with Crippen molar-refractivity contribution in [3.05, 3.63) is 35.0 Å². The Labute approximate surface area is 156 Å². The zero-order chi connectivity index (χ0) is 18.7. The van der Waals surface area contributed by atoms with Gasteiger partial charge in [0.05, 0.1) is 12.6 Å². The summed E-state index contributed by atoms with van der Waals surface area (Å²) in [6.07, 6.45) is 3.06. The number of nitrogens with one attached hydrogen (secondary N) is 1. The number of pyridine rings is 1. The van der Waals surface area contributed by atoms with Gasteiger partial charge in [-0.3, -0.25) is 10.00 Å². The van der Waals surface area contributed by atoms with E-state index in [4.69, 9.17) is 10.5 Å². The second kappa shape index (κ2) is 5.69. The van der Waals surface area contributed by atoms with Crippen LogP contribution in [-0.4, -0.2) is 40.3 Å². The number of likely N-dealkylation sites (N-methyl/N-ethyl adjacent to an activating group) is 1. The van der Waals surface area contributed by atoms with Crippen LogP contribution in [0.15, 0.2) is 18.2 Å². The summed E-state index contributed by atoms with van der Waals surface area (Å²) < 4.78 is 5.31. The third-order valence-corrected chi connectivity index (χ3v) is 6.06. The Morgan fingerprint density at radius 3 is 3.00 bits per heavy atom. The maximum Gasteiger partial charge on any atom is 0.142 e. The smallest absolute Gasteiger partial charge is 0.142 e. The van der Waals surface area contributed by atoms with Gasteiger partial charge in [0.15, 0.2) is 0 Å². The highest BCUT2D eigenvalue weighted by Crippen LogP contribution is 2.48. The van der Waals surface area contributed by atoms with E-state index in [0.717, 1.165) is 58.4 Å². The number of aromatic nitrogens is 3. The van der Waals surface area contributed by atoms with Gasteiger partial charge in [-0.2, -0.15) is 10.4 Å². The lowest BCUT2D eigenvalue weighted by Gasteiger charge is -2.34. The number of benzene rings is 1. The fourth-order valence-corrected chi connectivity index (χ4v) is 4.69. The van der Waals surface area contributed by atoms with Gasteiger partial charge >= 0.3 is 0 Å². The number of rotatable bonds is 2. The number of nitrogens with two attached hydrogens (primary N) is 1. The molecule has 1 fully saturated rings. The van der Waals surface area contributed by atoms with Gasteiger partial charge < -0.3 is 10.5 Å². The Hall–Kier alpha value is -3.11. The highest BCUT2D eigenvalue weighted by atomic mass is 16.5. The molecule has 2 bridgehead atoms. The summed E-state index contributed by atoms with van der Waals surface area (Å²) in [5.74, 6) is 1.05. The van der Waals surface area contributed by atoms with E-state index in [-0.39, 0.29) is 6.04 Å². The number of H-pyrrole nitrogens is 1. The standard InChI is InChI=1S/C20H20N6O/c1-26-10-3-6-16(26)18-15(7-10)23-20(22)13(9-21)17(18)19-12-5-4-11(27-2)8-14(12)24-25-19/h4-5,8,10,16H,3,6-7H2,1-2H3,(H2,22,23)(H,24,25)/t10-,16+/m1/s1. The second-order valence-electron chi connectivity index (χ2n) is 7.32. The second-order valence-corrected chi connectivity index (χ2v) is 7.32. The Morgan fingerprint density at radius 1 is 1.37 bits per heavy atom. The maximum atomic E-state index is 9.85. The van der Waals surface area contributed by atoms with E-state index < -0.39 is 0 Å². The van der Waals surface area contributed by atoms with E-state index in [2.05, 4.69) is 33.2 Å². The molecule has 0 radical (unpaired) electrons. The topological polar surface area (TPSA) is 104 Å². The van der Waals surface area contributed by atoms with Crippen LogP contribution in [0.4, 0.5) is 5.82 Å². The Kier molecular flexibility index (Phi) is 3.39. The first-order valence-corrected chi connectivity index (χ1v) is 9.09. The molecule has 5 rings (SSSR count). The SMILES string of the molecule is COc1ccc2c(-c3c(C#N)c(N)nc4c3[C@@H]3CC[C@H](C4)N3C)n[nH]c2c1. The van der Waals surface area contributed by atoms with Crippen LogP contribution in [0.25, 0.3) is 22.2 Å². The summed E-state index contributed by atoms with van der Waals surface area (Å²) in [5, 5.41) is 18.4. The summed E-state index contributed by atoms with van der Waals surface area (Å²) in [6, 6.07) is 8.81. The summed E-state index contributed by atoms with van der Waals surface area (Å²) in [7, 11) is 3.80. The predicted molar refractivity (Wildman–Crippen MR) is 102 cm³/mol. The Balaban J connectivity index is 1.83. The van der Waals surface area contributed by atoms with Crippen LogP contribution in [0.5, 0.6) is 5.75 Å². The summed E-state index contributed by atoms with van der Waals surface area (Å²) in [4.78, 5) is 7.01. The van der Waals surface area contributed by atoms with Gasteiger partial charge in [-0.15, -0.1) is 0 Å². The van der Waals surface area contributed by atoms with Crippen molar-refractivity contribution in [3.8, 4) is 23.1 Å². The van der Waals surface area contributed by atoms with Crippen molar-refractivity contribution >= 4 is 16.7 Å². The molecule has 0 saturated carbocycles. The van der Waals surface area contributed by atoms with Crippen molar-refractivity contribution in [2.24, 2.45) is 0 Å². The first kappa shape index (κ1) is 16.1. The molecule has 3 aromatic rings. The highest BCUT2D eigenvalue weighted by Gasteiger charge is 2.41. The van der Waals surface area contributed by atoms with Gasteiger partial charge in [0.1, 0.15) is 28.9 Å². The quantitative estimate of drug-likeness (QED) is 0.728. The fraction of sp³-hybridized carbons (Fsp3) is 0.350. The summed E-state index contributed by atoms with van der Waals surface area (Å²) in [6.45, 7) is 0. The van der Waals surface area contributed by atoms with Crippen LogP contribution >= 0.6 is 0 Å². The minimum Gasteiger partial charge on any atom is -0.497 e. The van der Waals surface area contributed by atoms with Gasteiger partial charge in [0.2, 0.25) is 0 Å². The third-order valence-electron chi connectivity index (χ3n) is 6.06. The van der Waals surface area contributed by atoms with Crippen LogP contribution in [0.2, 0.25) is 0 Å². The molecule has 2 aliphatic rings. The molecule has 7 nitrogen and oxygen atoms in total. The number of ether oxygens (including phenoxy) is 1. The van der Waals surface area contributed by atoms with Crippen LogP contribution in [-0.2, 0) is 6.42 Å². The number of nitrogens with zero attached hydrogens (tertiary/aromatic N) is 4. The molecule has 2 atom stereocenters. The van der Waals surface area contributed by atoms with E-state index in [9.17, 15) is 5.26 Å². The lowest BCUT2D eigenvalue weighted by molar-refractivity contribution is 0.222.